The average Bonchev–Trinajstić information content (AvgIpc) is 2.28. The van der Waals surface area contributed by atoms with Crippen molar-refractivity contribution in [2.24, 2.45) is 0 Å². The first-order valence-corrected chi connectivity index (χ1v) is 6.52. The van der Waals surface area contributed by atoms with Gasteiger partial charge in [-0.05, 0) is 37.7 Å². The van der Waals surface area contributed by atoms with Gasteiger partial charge in [0.05, 0.1) is 20.3 Å². The third-order valence-corrected chi connectivity index (χ3v) is 2.78. The van der Waals surface area contributed by atoms with E-state index in [4.69, 9.17) is 4.74 Å². The lowest BCUT2D eigenvalue weighted by atomic mass is 10.2. The van der Waals surface area contributed by atoms with Crippen molar-refractivity contribution in [3.63, 3.8) is 0 Å². The van der Waals surface area contributed by atoms with Crippen molar-refractivity contribution < 1.29 is 14.3 Å². The van der Waals surface area contributed by atoms with Crippen molar-refractivity contribution in [3.05, 3.63) is 28.2 Å². The number of methoxy groups -OCH3 is 1. The number of benzene rings is 1. The Bertz CT molecular complexity index is 409. The van der Waals surface area contributed by atoms with E-state index in [9.17, 15) is 4.79 Å². The summed E-state index contributed by atoms with van der Waals surface area (Å²) < 4.78 is 11.1. The quantitative estimate of drug-likeness (QED) is 0.756. The minimum absolute atomic E-state index is 0.238. The van der Waals surface area contributed by atoms with Crippen LogP contribution in [-0.4, -0.2) is 38.2 Å². The zero-order chi connectivity index (χ0) is 13.5. The van der Waals surface area contributed by atoms with Crippen LogP contribution >= 0.6 is 15.9 Å². The molecule has 4 nitrogen and oxygen atoms in total. The van der Waals surface area contributed by atoms with Crippen LogP contribution in [0.4, 0.5) is 0 Å². The number of nitrogens with zero attached hydrogens (tertiary/aromatic N) is 1. The average molecular weight is 316 g/mol. The summed E-state index contributed by atoms with van der Waals surface area (Å²) >= 11 is 3.45. The van der Waals surface area contributed by atoms with E-state index in [0.29, 0.717) is 13.2 Å². The molecule has 100 valence electrons. The number of halogens is 1. The highest BCUT2D eigenvalue weighted by molar-refractivity contribution is 9.10. The summed E-state index contributed by atoms with van der Waals surface area (Å²) in [7, 11) is 3.26. The largest absolute Gasteiger partial charge is 0.494 e. The number of carbonyl (C=O) groups excluding carboxylic acids is 1. The number of carbonyl (C=O) groups is 1. The Morgan fingerprint density at radius 1 is 1.39 bits per heavy atom. The lowest BCUT2D eigenvalue weighted by Crippen LogP contribution is -2.26. The molecule has 0 aliphatic rings. The standard InChI is InChI=1S/C13H18BrNO3/c1-4-18-12-6-10(5-11(14)7-12)8-15(2)9-13(16)17-3/h5-7H,4,8-9H2,1-3H3. The first-order chi connectivity index (χ1) is 8.55. The predicted molar refractivity (Wildman–Crippen MR) is 73.7 cm³/mol. The molecule has 0 fully saturated rings. The molecule has 0 spiro atoms. The molecule has 0 radical (unpaired) electrons. The SMILES string of the molecule is CCOc1cc(Br)cc(CN(C)CC(=O)OC)c1. The third-order valence-electron chi connectivity index (χ3n) is 2.32. The van der Waals surface area contributed by atoms with Gasteiger partial charge in [-0.15, -0.1) is 0 Å². The van der Waals surface area contributed by atoms with Gasteiger partial charge in [-0.1, -0.05) is 15.9 Å². The fourth-order valence-electron chi connectivity index (χ4n) is 1.61. The van der Waals surface area contributed by atoms with Gasteiger partial charge in [0.25, 0.3) is 0 Å². The predicted octanol–water partition coefficient (Wildman–Crippen LogP) is 2.45. The number of rotatable bonds is 6. The van der Waals surface area contributed by atoms with Gasteiger partial charge in [0.15, 0.2) is 0 Å². The van der Waals surface area contributed by atoms with E-state index in [1.807, 2.05) is 37.1 Å². The molecular weight excluding hydrogens is 298 g/mol. The van der Waals surface area contributed by atoms with Crippen molar-refractivity contribution in [1.82, 2.24) is 4.90 Å². The molecule has 0 aliphatic heterocycles. The zero-order valence-corrected chi connectivity index (χ0v) is 12.5. The molecule has 1 rings (SSSR count). The molecule has 0 saturated carbocycles. The van der Waals surface area contributed by atoms with Gasteiger partial charge in [-0.25, -0.2) is 0 Å². The second kappa shape index (κ2) is 7.38. The van der Waals surface area contributed by atoms with Crippen LogP contribution in [0.2, 0.25) is 0 Å². The van der Waals surface area contributed by atoms with Crippen LogP contribution in [0, 0.1) is 0 Å². The van der Waals surface area contributed by atoms with Gasteiger partial charge in [-0.3, -0.25) is 9.69 Å². The number of hydrogen-bond acceptors (Lipinski definition) is 4. The molecule has 0 aromatic heterocycles. The molecule has 0 saturated heterocycles. The van der Waals surface area contributed by atoms with E-state index in [1.54, 1.807) is 0 Å². The highest BCUT2D eigenvalue weighted by atomic mass is 79.9. The van der Waals surface area contributed by atoms with Crippen LogP contribution in [0.25, 0.3) is 0 Å². The third kappa shape index (κ3) is 5.06. The van der Waals surface area contributed by atoms with Crippen LogP contribution < -0.4 is 4.74 Å². The van der Waals surface area contributed by atoms with E-state index in [2.05, 4.69) is 20.7 Å². The summed E-state index contributed by atoms with van der Waals surface area (Å²) in [5.41, 5.74) is 1.08. The Labute approximate surface area is 116 Å². The molecule has 5 heteroatoms. The van der Waals surface area contributed by atoms with E-state index in [-0.39, 0.29) is 12.5 Å². The summed E-state index contributed by atoms with van der Waals surface area (Å²) in [5, 5.41) is 0. The highest BCUT2D eigenvalue weighted by Gasteiger charge is 2.08. The van der Waals surface area contributed by atoms with Gasteiger partial charge in [0.1, 0.15) is 5.75 Å². The molecule has 0 atom stereocenters. The summed E-state index contributed by atoms with van der Waals surface area (Å²) in [6.07, 6.45) is 0. The maximum absolute atomic E-state index is 11.2. The monoisotopic (exact) mass is 315 g/mol. The van der Waals surface area contributed by atoms with Crippen LogP contribution in [0.1, 0.15) is 12.5 Å². The minimum Gasteiger partial charge on any atom is -0.494 e. The topological polar surface area (TPSA) is 38.8 Å². The molecule has 0 N–H and O–H groups in total. The normalized spacial score (nSPS) is 10.5. The van der Waals surface area contributed by atoms with Crippen LogP contribution in [0.15, 0.2) is 22.7 Å². The fraction of sp³-hybridized carbons (Fsp3) is 0.462. The fourth-order valence-corrected chi connectivity index (χ4v) is 2.13. The highest BCUT2D eigenvalue weighted by Crippen LogP contribution is 2.22. The molecule has 18 heavy (non-hydrogen) atoms. The van der Waals surface area contributed by atoms with E-state index in [0.717, 1.165) is 15.8 Å². The summed E-state index contributed by atoms with van der Waals surface area (Å²) in [6, 6.07) is 5.91. The molecule has 0 amide bonds. The molecule has 0 aliphatic carbocycles. The van der Waals surface area contributed by atoms with Crippen molar-refractivity contribution >= 4 is 21.9 Å². The maximum atomic E-state index is 11.2. The number of esters is 1. The molecular formula is C13H18BrNO3. The van der Waals surface area contributed by atoms with Crippen molar-refractivity contribution in [2.45, 2.75) is 13.5 Å². The lowest BCUT2D eigenvalue weighted by Gasteiger charge is -2.16. The molecule has 1 aromatic carbocycles. The second-order valence-corrected chi connectivity index (χ2v) is 4.89. The summed E-state index contributed by atoms with van der Waals surface area (Å²) in [6.45, 7) is 3.51. The Kier molecular flexibility index (Phi) is 6.15. The van der Waals surface area contributed by atoms with E-state index >= 15 is 0 Å². The maximum Gasteiger partial charge on any atom is 0.319 e. The smallest absolute Gasteiger partial charge is 0.319 e. The zero-order valence-electron chi connectivity index (χ0n) is 10.9. The number of ether oxygens (including phenoxy) is 2. The van der Waals surface area contributed by atoms with Gasteiger partial charge in [0, 0.05) is 11.0 Å². The number of likely N-dealkylation sites (N-methyl/N-ethyl adjacent to an activating group) is 1. The van der Waals surface area contributed by atoms with Crippen LogP contribution in [0.5, 0.6) is 5.75 Å². The molecule has 0 unspecified atom stereocenters. The van der Waals surface area contributed by atoms with Gasteiger partial charge < -0.3 is 9.47 Å². The van der Waals surface area contributed by atoms with Gasteiger partial charge in [0.2, 0.25) is 0 Å². The molecule has 1 aromatic rings. The van der Waals surface area contributed by atoms with Gasteiger partial charge in [-0.2, -0.15) is 0 Å². The Balaban J connectivity index is 2.68. The van der Waals surface area contributed by atoms with Crippen LogP contribution in [-0.2, 0) is 16.1 Å². The van der Waals surface area contributed by atoms with Crippen molar-refractivity contribution in [3.8, 4) is 5.75 Å². The second-order valence-electron chi connectivity index (χ2n) is 3.98. The first-order valence-electron chi connectivity index (χ1n) is 5.72. The minimum atomic E-state index is -0.238. The Hall–Kier alpha value is -1.07. The molecule has 0 bridgehead atoms. The summed E-state index contributed by atoms with van der Waals surface area (Å²) in [5.74, 6) is 0.589. The van der Waals surface area contributed by atoms with Crippen molar-refractivity contribution in [2.75, 3.05) is 27.3 Å². The van der Waals surface area contributed by atoms with E-state index in [1.165, 1.54) is 7.11 Å². The van der Waals surface area contributed by atoms with E-state index < -0.39 is 0 Å². The summed E-state index contributed by atoms with van der Waals surface area (Å²) in [4.78, 5) is 13.0. The first kappa shape index (κ1) is 15.0. The van der Waals surface area contributed by atoms with Gasteiger partial charge >= 0.3 is 5.97 Å². The Morgan fingerprint density at radius 3 is 2.72 bits per heavy atom. The lowest BCUT2D eigenvalue weighted by molar-refractivity contribution is -0.141. The number of hydrogen-bond donors (Lipinski definition) is 0. The van der Waals surface area contributed by atoms with Crippen LogP contribution in [0.3, 0.4) is 0 Å². The Morgan fingerprint density at radius 2 is 2.11 bits per heavy atom. The van der Waals surface area contributed by atoms with Crippen molar-refractivity contribution in [1.29, 1.82) is 0 Å². The molecule has 0 heterocycles.